The van der Waals surface area contributed by atoms with E-state index < -0.39 is 0 Å². The van der Waals surface area contributed by atoms with Gasteiger partial charge in [-0.15, -0.1) is 0 Å². The van der Waals surface area contributed by atoms with Crippen LogP contribution in [0.2, 0.25) is 0 Å². The summed E-state index contributed by atoms with van der Waals surface area (Å²) in [5, 5.41) is 5.63. The summed E-state index contributed by atoms with van der Waals surface area (Å²) in [6.45, 7) is 2.46. The van der Waals surface area contributed by atoms with Crippen molar-refractivity contribution in [3.8, 4) is 0 Å². The molecule has 0 aliphatic heterocycles. The summed E-state index contributed by atoms with van der Waals surface area (Å²) in [6.07, 6.45) is 1.80. The molecule has 6 nitrogen and oxygen atoms in total. The number of rotatable bonds is 6. The minimum atomic E-state index is -0.329. The van der Waals surface area contributed by atoms with Crippen LogP contribution in [0.25, 0.3) is 0 Å². The number of carbonyl (C=O) groups is 2. The molecule has 3 aromatic rings. The number of hydrogen-bond acceptors (Lipinski definition) is 4. The van der Waals surface area contributed by atoms with Gasteiger partial charge in [-0.25, -0.2) is 0 Å². The second kappa shape index (κ2) is 8.77. The van der Waals surface area contributed by atoms with Gasteiger partial charge in [-0.1, -0.05) is 0 Å². The Kier molecular flexibility index (Phi) is 6.19. The van der Waals surface area contributed by atoms with E-state index in [-0.39, 0.29) is 32.7 Å². The molecule has 27 heavy (non-hydrogen) atoms. The molecule has 0 aliphatic carbocycles. The van der Waals surface area contributed by atoms with Gasteiger partial charge in [0.2, 0.25) is 0 Å². The number of anilines is 2. The molecule has 0 aliphatic rings. The Morgan fingerprint density at radius 1 is 1.00 bits per heavy atom. The predicted octanol–water partition coefficient (Wildman–Crippen LogP) is 2.34. The number of aryl methyl sites for hydroxylation is 1. The molecule has 0 unspecified atom stereocenters. The first-order valence-electron chi connectivity index (χ1n) is 8.45. The zero-order valence-electron chi connectivity index (χ0n) is 14.9. The Hall–Kier alpha value is -2.73. The average Bonchev–Trinajstić information content (AvgIpc) is 3.13. The molecular weight excluding hydrogens is 407 g/mol. The van der Waals surface area contributed by atoms with E-state index in [0.29, 0.717) is 21.4 Å². The number of carbonyl (C=O) groups excluding carboxylic acids is 2. The summed E-state index contributed by atoms with van der Waals surface area (Å²) in [5.41, 5.74) is 9.36. The van der Waals surface area contributed by atoms with E-state index in [1.54, 1.807) is 0 Å². The first kappa shape index (κ1) is 19.0. The van der Waals surface area contributed by atoms with Gasteiger partial charge in [-0.3, -0.25) is 0 Å². The molecule has 0 bridgehead atoms. The molecule has 7 heteroatoms. The van der Waals surface area contributed by atoms with Gasteiger partial charge in [0.25, 0.3) is 0 Å². The Labute approximate surface area is 163 Å². The van der Waals surface area contributed by atoms with E-state index >= 15 is 0 Å². The summed E-state index contributed by atoms with van der Waals surface area (Å²) in [5.74, 6) is -0.339. The second-order valence-electron chi connectivity index (χ2n) is 6.10. The SMILES string of the molecule is Cc1ccc(CC(=O)Nc2ncc(C(=O)Nc3ccc(CN)cc3)[se]2)cc1. The molecule has 3 rings (SSSR count). The van der Waals surface area contributed by atoms with E-state index in [2.05, 4.69) is 15.6 Å². The van der Waals surface area contributed by atoms with Crippen LogP contribution in [0.4, 0.5) is 10.4 Å². The van der Waals surface area contributed by atoms with Crippen molar-refractivity contribution in [2.75, 3.05) is 10.6 Å². The molecule has 0 atom stereocenters. The first-order valence-corrected chi connectivity index (χ1v) is 10.2. The van der Waals surface area contributed by atoms with Crippen molar-refractivity contribution < 1.29 is 9.59 Å². The van der Waals surface area contributed by atoms with Crippen molar-refractivity contribution in [2.45, 2.75) is 19.9 Å². The van der Waals surface area contributed by atoms with Gasteiger partial charge in [0.15, 0.2) is 0 Å². The fraction of sp³-hybridized carbons (Fsp3) is 0.150. The standard InChI is InChI=1S/C20H20N4O2Se/c1-13-2-4-14(5-3-13)10-18(25)24-20-22-12-17(27-20)19(26)23-16-8-6-15(11-21)7-9-16/h2-9,12H,10-11,21H2,1H3,(H,23,26)(H,22,24,25). The van der Waals surface area contributed by atoms with Crippen molar-refractivity contribution >= 4 is 36.7 Å². The number of hydrogen-bond donors (Lipinski definition) is 3. The van der Waals surface area contributed by atoms with Crippen LogP contribution in [-0.4, -0.2) is 31.3 Å². The molecule has 0 spiro atoms. The Morgan fingerprint density at radius 3 is 2.33 bits per heavy atom. The van der Waals surface area contributed by atoms with Crippen LogP contribution in [-0.2, 0) is 17.8 Å². The Bertz CT molecular complexity index is 933. The van der Waals surface area contributed by atoms with Gasteiger partial charge < -0.3 is 0 Å². The van der Waals surface area contributed by atoms with Crippen molar-refractivity contribution in [3.05, 3.63) is 75.9 Å². The Balaban J connectivity index is 1.57. The second-order valence-corrected chi connectivity index (χ2v) is 8.26. The molecule has 0 saturated heterocycles. The fourth-order valence-electron chi connectivity index (χ4n) is 2.41. The van der Waals surface area contributed by atoms with Crippen LogP contribution in [0.5, 0.6) is 0 Å². The van der Waals surface area contributed by atoms with Gasteiger partial charge in [0.05, 0.1) is 0 Å². The van der Waals surface area contributed by atoms with Crippen LogP contribution < -0.4 is 16.4 Å². The molecule has 2 aromatic carbocycles. The third-order valence-corrected chi connectivity index (χ3v) is 5.82. The summed E-state index contributed by atoms with van der Waals surface area (Å²) >= 11 is -0.329. The van der Waals surface area contributed by atoms with Gasteiger partial charge >= 0.3 is 163 Å². The molecule has 1 aromatic heterocycles. The molecule has 0 radical (unpaired) electrons. The van der Waals surface area contributed by atoms with Gasteiger partial charge in [-0.2, -0.15) is 0 Å². The normalized spacial score (nSPS) is 10.4. The predicted molar refractivity (Wildman–Crippen MR) is 107 cm³/mol. The molecular formula is C20H20N4O2Se. The average molecular weight is 427 g/mol. The molecule has 138 valence electrons. The number of amides is 2. The molecule has 4 N–H and O–H groups in total. The Morgan fingerprint density at radius 2 is 1.67 bits per heavy atom. The first-order chi connectivity index (χ1) is 13.0. The van der Waals surface area contributed by atoms with Gasteiger partial charge in [0.1, 0.15) is 0 Å². The summed E-state index contributed by atoms with van der Waals surface area (Å²) in [6, 6.07) is 15.2. The minimum absolute atomic E-state index is 0.132. The maximum absolute atomic E-state index is 12.3. The van der Waals surface area contributed by atoms with Crippen molar-refractivity contribution in [1.82, 2.24) is 4.98 Å². The van der Waals surface area contributed by atoms with Crippen molar-refractivity contribution in [1.29, 1.82) is 0 Å². The van der Waals surface area contributed by atoms with Crippen LogP contribution in [0.15, 0.2) is 54.7 Å². The summed E-state index contributed by atoms with van der Waals surface area (Å²) in [7, 11) is 0. The number of benzene rings is 2. The molecule has 0 saturated carbocycles. The number of nitrogens with one attached hydrogen (secondary N) is 2. The third-order valence-electron chi connectivity index (χ3n) is 3.91. The van der Waals surface area contributed by atoms with Crippen molar-refractivity contribution in [3.63, 3.8) is 0 Å². The van der Waals surface area contributed by atoms with E-state index in [1.807, 2.05) is 55.5 Å². The zero-order chi connectivity index (χ0) is 19.2. The monoisotopic (exact) mass is 428 g/mol. The maximum atomic E-state index is 12.3. The zero-order valence-corrected chi connectivity index (χ0v) is 16.6. The van der Waals surface area contributed by atoms with Crippen LogP contribution in [0.1, 0.15) is 25.9 Å². The van der Waals surface area contributed by atoms with Crippen LogP contribution >= 0.6 is 0 Å². The van der Waals surface area contributed by atoms with E-state index in [0.717, 1.165) is 16.7 Å². The molecule has 0 fully saturated rings. The third kappa shape index (κ3) is 5.37. The van der Waals surface area contributed by atoms with E-state index in [9.17, 15) is 9.59 Å². The number of nitrogens with two attached hydrogens (primary N) is 1. The van der Waals surface area contributed by atoms with E-state index in [1.165, 1.54) is 6.20 Å². The van der Waals surface area contributed by atoms with Crippen molar-refractivity contribution in [2.24, 2.45) is 5.73 Å². The molecule has 1 heterocycles. The quantitative estimate of drug-likeness (QED) is 0.526. The summed E-state index contributed by atoms with van der Waals surface area (Å²) in [4.78, 5) is 28.7. The fourth-order valence-corrected chi connectivity index (χ4v) is 3.94. The van der Waals surface area contributed by atoms with Gasteiger partial charge in [-0.05, 0) is 0 Å². The number of aromatic nitrogens is 1. The van der Waals surface area contributed by atoms with Gasteiger partial charge in [0, 0.05) is 0 Å². The van der Waals surface area contributed by atoms with Crippen LogP contribution in [0, 0.1) is 6.92 Å². The summed E-state index contributed by atoms with van der Waals surface area (Å²) < 4.78 is 1.11. The topological polar surface area (TPSA) is 97.1 Å². The van der Waals surface area contributed by atoms with Crippen LogP contribution in [0.3, 0.4) is 0 Å². The molecule has 2 amide bonds. The number of nitrogens with zero attached hydrogens (tertiary/aromatic N) is 1. The van der Waals surface area contributed by atoms with E-state index in [4.69, 9.17) is 5.73 Å².